The van der Waals surface area contributed by atoms with Gasteiger partial charge in [-0.25, -0.2) is 0 Å². The third kappa shape index (κ3) is 4.19. The SMILES string of the molecule is CCn1cc(CN(C)C(=O)c2cccc(-c3cccc(OC)c3)c2)c(C)n1. The molecular weight excluding hydrogens is 338 g/mol. The average molecular weight is 363 g/mol. The van der Waals surface area contributed by atoms with Gasteiger partial charge in [0, 0.05) is 37.5 Å². The van der Waals surface area contributed by atoms with Crippen LogP contribution in [0.15, 0.2) is 54.7 Å². The van der Waals surface area contributed by atoms with Gasteiger partial charge in [0.15, 0.2) is 0 Å². The van der Waals surface area contributed by atoms with Gasteiger partial charge in [-0.1, -0.05) is 24.3 Å². The van der Waals surface area contributed by atoms with E-state index in [1.807, 2.05) is 73.4 Å². The summed E-state index contributed by atoms with van der Waals surface area (Å²) in [5.74, 6) is 0.785. The fourth-order valence-corrected chi connectivity index (χ4v) is 3.06. The van der Waals surface area contributed by atoms with Crippen molar-refractivity contribution in [1.29, 1.82) is 0 Å². The van der Waals surface area contributed by atoms with Crippen molar-refractivity contribution in [3.63, 3.8) is 0 Å². The van der Waals surface area contributed by atoms with Crippen molar-refractivity contribution in [2.45, 2.75) is 26.9 Å². The Hall–Kier alpha value is -3.08. The van der Waals surface area contributed by atoms with Crippen LogP contribution >= 0.6 is 0 Å². The Bertz CT molecular complexity index is 946. The van der Waals surface area contributed by atoms with Gasteiger partial charge in [0.25, 0.3) is 5.91 Å². The predicted molar refractivity (Wildman–Crippen MR) is 107 cm³/mol. The average Bonchev–Trinajstić information content (AvgIpc) is 3.07. The van der Waals surface area contributed by atoms with Gasteiger partial charge >= 0.3 is 0 Å². The number of hydrogen-bond donors (Lipinski definition) is 0. The van der Waals surface area contributed by atoms with E-state index in [2.05, 4.69) is 12.0 Å². The molecule has 3 aromatic rings. The van der Waals surface area contributed by atoms with Crippen LogP contribution in [0.5, 0.6) is 5.75 Å². The van der Waals surface area contributed by atoms with Crippen LogP contribution in [0.1, 0.15) is 28.5 Å². The minimum Gasteiger partial charge on any atom is -0.497 e. The highest BCUT2D eigenvalue weighted by Gasteiger charge is 2.15. The highest BCUT2D eigenvalue weighted by atomic mass is 16.5. The number of aryl methyl sites for hydroxylation is 2. The van der Waals surface area contributed by atoms with E-state index in [1.165, 1.54) is 0 Å². The molecule has 0 aliphatic heterocycles. The van der Waals surface area contributed by atoms with E-state index >= 15 is 0 Å². The van der Waals surface area contributed by atoms with Crippen molar-refractivity contribution in [3.05, 3.63) is 71.5 Å². The molecule has 0 fully saturated rings. The lowest BCUT2D eigenvalue weighted by atomic mass is 10.0. The number of hydrogen-bond acceptors (Lipinski definition) is 3. The number of benzene rings is 2. The Kier molecular flexibility index (Phi) is 5.60. The highest BCUT2D eigenvalue weighted by molar-refractivity contribution is 5.95. The van der Waals surface area contributed by atoms with Gasteiger partial charge in [0.1, 0.15) is 5.75 Å². The zero-order valence-electron chi connectivity index (χ0n) is 16.3. The smallest absolute Gasteiger partial charge is 0.253 e. The molecule has 3 rings (SSSR count). The molecule has 0 saturated heterocycles. The second-order valence-corrected chi connectivity index (χ2v) is 6.57. The Morgan fingerprint density at radius 1 is 1.15 bits per heavy atom. The molecule has 2 aromatic carbocycles. The maximum absolute atomic E-state index is 12.9. The van der Waals surface area contributed by atoms with Gasteiger partial charge in [0.05, 0.1) is 12.8 Å². The van der Waals surface area contributed by atoms with Crippen LogP contribution in [0.25, 0.3) is 11.1 Å². The lowest BCUT2D eigenvalue weighted by Gasteiger charge is -2.17. The molecule has 5 nitrogen and oxygen atoms in total. The van der Waals surface area contributed by atoms with Crippen molar-refractivity contribution < 1.29 is 9.53 Å². The normalized spacial score (nSPS) is 10.7. The molecule has 1 amide bonds. The zero-order chi connectivity index (χ0) is 19.4. The number of carbonyl (C=O) groups excluding carboxylic acids is 1. The summed E-state index contributed by atoms with van der Waals surface area (Å²) in [4.78, 5) is 14.6. The lowest BCUT2D eigenvalue weighted by Crippen LogP contribution is -2.26. The molecule has 0 spiro atoms. The Morgan fingerprint density at radius 3 is 2.52 bits per heavy atom. The number of amides is 1. The Morgan fingerprint density at radius 2 is 1.85 bits per heavy atom. The molecule has 0 atom stereocenters. The molecule has 27 heavy (non-hydrogen) atoms. The first-order valence-electron chi connectivity index (χ1n) is 9.04. The minimum atomic E-state index is -0.0107. The number of rotatable bonds is 6. The molecule has 1 heterocycles. The monoisotopic (exact) mass is 363 g/mol. The van der Waals surface area contributed by atoms with Gasteiger partial charge in [-0.05, 0) is 49.2 Å². The van der Waals surface area contributed by atoms with E-state index in [9.17, 15) is 4.79 Å². The second kappa shape index (κ2) is 8.08. The maximum Gasteiger partial charge on any atom is 0.253 e. The van der Waals surface area contributed by atoms with Gasteiger partial charge in [0.2, 0.25) is 0 Å². The molecule has 0 N–H and O–H groups in total. The molecule has 1 aromatic heterocycles. The van der Waals surface area contributed by atoms with E-state index in [0.29, 0.717) is 12.1 Å². The van der Waals surface area contributed by atoms with Gasteiger partial charge in [-0.3, -0.25) is 9.48 Å². The topological polar surface area (TPSA) is 47.4 Å². The molecule has 0 radical (unpaired) electrons. The maximum atomic E-state index is 12.9. The fraction of sp³-hybridized carbons (Fsp3) is 0.273. The molecule has 0 aliphatic rings. The summed E-state index contributed by atoms with van der Waals surface area (Å²) in [7, 11) is 3.47. The summed E-state index contributed by atoms with van der Waals surface area (Å²) in [5.41, 5.74) is 4.70. The third-order valence-electron chi connectivity index (χ3n) is 4.64. The minimum absolute atomic E-state index is 0.0107. The number of carbonyl (C=O) groups is 1. The largest absolute Gasteiger partial charge is 0.497 e. The first-order valence-corrected chi connectivity index (χ1v) is 9.04. The number of nitrogens with zero attached hydrogens (tertiary/aromatic N) is 3. The van der Waals surface area contributed by atoms with Crippen molar-refractivity contribution >= 4 is 5.91 Å². The first kappa shape index (κ1) is 18.7. The standard InChI is InChI=1S/C22H25N3O2/c1-5-25-15-20(16(2)23-25)14-24(3)22(26)19-10-6-8-17(12-19)18-9-7-11-21(13-18)27-4/h6-13,15H,5,14H2,1-4H3. The zero-order valence-corrected chi connectivity index (χ0v) is 16.3. The van der Waals surface area contributed by atoms with Crippen molar-refractivity contribution in [2.75, 3.05) is 14.2 Å². The summed E-state index contributed by atoms with van der Waals surface area (Å²) >= 11 is 0. The van der Waals surface area contributed by atoms with Crippen LogP contribution < -0.4 is 4.74 Å². The molecular formula is C22H25N3O2. The van der Waals surface area contributed by atoms with Crippen LogP contribution in [0.4, 0.5) is 0 Å². The summed E-state index contributed by atoms with van der Waals surface area (Å²) in [6.45, 7) is 5.38. The third-order valence-corrected chi connectivity index (χ3v) is 4.64. The van der Waals surface area contributed by atoms with E-state index in [0.717, 1.165) is 34.7 Å². The molecule has 0 aliphatic carbocycles. The first-order chi connectivity index (χ1) is 13.0. The highest BCUT2D eigenvalue weighted by Crippen LogP contribution is 2.25. The fourth-order valence-electron chi connectivity index (χ4n) is 3.06. The lowest BCUT2D eigenvalue weighted by molar-refractivity contribution is 0.0785. The van der Waals surface area contributed by atoms with Crippen molar-refractivity contribution in [3.8, 4) is 16.9 Å². The van der Waals surface area contributed by atoms with Crippen LogP contribution in [0, 0.1) is 6.92 Å². The predicted octanol–water partition coefficient (Wildman–Crippen LogP) is 4.16. The van der Waals surface area contributed by atoms with E-state index in [-0.39, 0.29) is 5.91 Å². The van der Waals surface area contributed by atoms with Crippen molar-refractivity contribution in [1.82, 2.24) is 14.7 Å². The summed E-state index contributed by atoms with van der Waals surface area (Å²) < 4.78 is 7.19. The number of aromatic nitrogens is 2. The molecule has 140 valence electrons. The number of methoxy groups -OCH3 is 1. The van der Waals surface area contributed by atoms with Gasteiger partial charge in [-0.2, -0.15) is 5.10 Å². The number of ether oxygens (including phenoxy) is 1. The Balaban J connectivity index is 1.81. The van der Waals surface area contributed by atoms with Crippen molar-refractivity contribution in [2.24, 2.45) is 0 Å². The van der Waals surface area contributed by atoms with E-state index in [1.54, 1.807) is 12.0 Å². The van der Waals surface area contributed by atoms with Crippen LogP contribution in [-0.2, 0) is 13.1 Å². The molecule has 5 heteroatoms. The van der Waals surface area contributed by atoms with Gasteiger partial charge in [-0.15, -0.1) is 0 Å². The Labute approximate surface area is 160 Å². The molecule has 0 bridgehead atoms. The summed E-state index contributed by atoms with van der Waals surface area (Å²) in [5, 5.41) is 4.45. The van der Waals surface area contributed by atoms with E-state index in [4.69, 9.17) is 4.74 Å². The van der Waals surface area contributed by atoms with Crippen LogP contribution in [0.3, 0.4) is 0 Å². The summed E-state index contributed by atoms with van der Waals surface area (Å²) in [6.07, 6.45) is 2.01. The van der Waals surface area contributed by atoms with Crippen LogP contribution in [-0.4, -0.2) is 34.7 Å². The quantitative estimate of drug-likeness (QED) is 0.661. The van der Waals surface area contributed by atoms with Gasteiger partial charge < -0.3 is 9.64 Å². The molecule has 0 unspecified atom stereocenters. The van der Waals surface area contributed by atoms with E-state index < -0.39 is 0 Å². The second-order valence-electron chi connectivity index (χ2n) is 6.57. The molecule has 0 saturated carbocycles. The summed E-state index contributed by atoms with van der Waals surface area (Å²) in [6, 6.07) is 15.5. The van der Waals surface area contributed by atoms with Crippen LogP contribution in [0.2, 0.25) is 0 Å².